The highest BCUT2D eigenvalue weighted by atomic mass is 32.1. The van der Waals surface area contributed by atoms with Crippen molar-refractivity contribution in [3.05, 3.63) is 65.1 Å². The molecule has 3 heterocycles. The molecule has 0 bridgehead atoms. The number of aliphatic hydroxyl groups is 1. The number of aliphatic hydroxyl groups excluding tert-OH is 1. The monoisotopic (exact) mass is 593 g/mol. The van der Waals surface area contributed by atoms with Crippen LogP contribution in [-0.2, 0) is 36.1 Å². The Bertz CT molecular complexity index is 1320. The third-order valence-electron chi connectivity index (χ3n) is 4.52. The molecule has 0 fully saturated rings. The van der Waals surface area contributed by atoms with E-state index in [4.69, 9.17) is 24.0 Å². The zero-order chi connectivity index (χ0) is 27.9. The fourth-order valence-electron chi connectivity index (χ4n) is 2.70. The first-order valence-electron chi connectivity index (χ1n) is 10.3. The number of hydrogen-bond acceptors (Lipinski definition) is 17. The van der Waals surface area contributed by atoms with Gasteiger partial charge in [0.05, 0.1) is 35.7 Å². The predicted octanol–water partition coefficient (Wildman–Crippen LogP) is 2.01. The highest BCUT2D eigenvalue weighted by Crippen LogP contribution is 2.51. The van der Waals surface area contributed by atoms with E-state index in [1.165, 1.54) is 19.4 Å². The van der Waals surface area contributed by atoms with Gasteiger partial charge in [-0.2, -0.15) is 4.98 Å². The number of phosphoric acid groups is 1. The van der Waals surface area contributed by atoms with Gasteiger partial charge in [0.15, 0.2) is 12.4 Å². The Kier molecular flexibility index (Phi) is 10.1. The summed E-state index contributed by atoms with van der Waals surface area (Å²) in [6, 6.07) is 1.31. The molecule has 0 aliphatic carbocycles. The van der Waals surface area contributed by atoms with E-state index in [1.54, 1.807) is 0 Å². The molecule has 0 saturated heterocycles. The number of nitrogens with zero attached hydrogens (tertiary/aromatic N) is 6. The van der Waals surface area contributed by atoms with Crippen molar-refractivity contribution in [1.82, 2.24) is 19.5 Å². The highest BCUT2D eigenvalue weighted by molar-refractivity contribution is 7.48. The van der Waals surface area contributed by atoms with Gasteiger partial charge in [-0.25, -0.2) is 9.36 Å². The van der Waals surface area contributed by atoms with Gasteiger partial charge in [-0.15, -0.1) is 0 Å². The van der Waals surface area contributed by atoms with Crippen LogP contribution in [0.2, 0.25) is 0 Å². The van der Waals surface area contributed by atoms with Crippen molar-refractivity contribution in [3.8, 4) is 0 Å². The Morgan fingerprint density at radius 3 is 2.11 bits per heavy atom. The molecule has 21 heteroatoms. The van der Waals surface area contributed by atoms with Gasteiger partial charge in [0.25, 0.3) is 0 Å². The van der Waals surface area contributed by atoms with Crippen LogP contribution in [0.25, 0.3) is 0 Å². The van der Waals surface area contributed by atoms with Gasteiger partial charge >= 0.3 is 23.8 Å². The van der Waals surface area contributed by atoms with Crippen LogP contribution in [0.5, 0.6) is 0 Å². The minimum Gasteiger partial charge on any atom is -0.383 e. The van der Waals surface area contributed by atoms with Crippen LogP contribution in [0.15, 0.2) is 29.5 Å². The lowest BCUT2D eigenvalue weighted by Crippen LogP contribution is -2.31. The van der Waals surface area contributed by atoms with Crippen LogP contribution in [0.3, 0.4) is 0 Å². The summed E-state index contributed by atoms with van der Waals surface area (Å²) in [5.41, 5.74) is 4.64. The van der Waals surface area contributed by atoms with E-state index in [9.17, 15) is 34.7 Å². The molecule has 38 heavy (non-hydrogen) atoms. The first kappa shape index (κ1) is 29.3. The standard InChI is InChI=1S/C17H20N7O11PS2/c1-32-10(4-14(25)22-3-2-13(18)21-15(22)26)7-33-36(31,34-8-11-5-19-16(37-11)23(27)28)35-9-12-6-20-17(38-12)24(29)30/h2-3,5-6,10,14,25H,4,7-9H2,1H3,(H2,18,21,26)/t10-,14?/m0/s1. The molecule has 0 aromatic carbocycles. The van der Waals surface area contributed by atoms with E-state index >= 15 is 0 Å². The Balaban J connectivity index is 1.69. The topological polar surface area (TPSA) is 247 Å². The Labute approximate surface area is 220 Å². The molecule has 3 aromatic heterocycles. The van der Waals surface area contributed by atoms with E-state index in [2.05, 4.69) is 15.0 Å². The van der Waals surface area contributed by atoms with Crippen LogP contribution in [0.1, 0.15) is 22.4 Å². The normalized spacial score (nSPS) is 13.3. The van der Waals surface area contributed by atoms with Crippen molar-refractivity contribution in [2.45, 2.75) is 32.0 Å². The number of nitrogens with two attached hydrogens (primary N) is 1. The van der Waals surface area contributed by atoms with E-state index in [-0.39, 0.29) is 22.0 Å². The maximum Gasteiger partial charge on any atom is 0.475 e. The second kappa shape index (κ2) is 13.0. The average molecular weight is 593 g/mol. The first-order valence-corrected chi connectivity index (χ1v) is 13.4. The fourth-order valence-corrected chi connectivity index (χ4v) is 5.32. The predicted molar refractivity (Wildman–Crippen MR) is 130 cm³/mol. The first-order chi connectivity index (χ1) is 18.0. The summed E-state index contributed by atoms with van der Waals surface area (Å²) in [5.74, 6) is -0.0298. The lowest BCUT2D eigenvalue weighted by molar-refractivity contribution is -0.384. The zero-order valence-electron chi connectivity index (χ0n) is 19.3. The number of ether oxygens (including phenoxy) is 1. The van der Waals surface area contributed by atoms with Crippen molar-refractivity contribution in [3.63, 3.8) is 0 Å². The molecule has 2 atom stereocenters. The molecular weight excluding hydrogens is 573 g/mol. The molecule has 3 aromatic rings. The number of anilines is 1. The number of thiazole rings is 2. The van der Waals surface area contributed by atoms with E-state index in [0.717, 1.165) is 17.0 Å². The number of methoxy groups -OCH3 is 1. The van der Waals surface area contributed by atoms with E-state index in [0.29, 0.717) is 22.7 Å². The SMILES string of the molecule is CO[C@H](COP(=O)(OCc1cnc([N+](=O)[O-])s1)OCc1cnc([N+](=O)[O-])s1)CC(O)n1ccc(N)nc1=O. The van der Waals surface area contributed by atoms with Gasteiger partial charge < -0.3 is 35.8 Å². The molecule has 0 saturated carbocycles. The molecule has 18 nitrogen and oxygen atoms in total. The highest BCUT2D eigenvalue weighted by Gasteiger charge is 2.31. The summed E-state index contributed by atoms with van der Waals surface area (Å²) in [5, 5.41) is 31.3. The number of aromatic nitrogens is 4. The van der Waals surface area contributed by atoms with Crippen LogP contribution >= 0.6 is 30.5 Å². The minimum absolute atomic E-state index is 0.0298. The zero-order valence-corrected chi connectivity index (χ0v) is 21.9. The molecule has 1 unspecified atom stereocenters. The van der Waals surface area contributed by atoms with E-state index in [1.807, 2.05) is 0 Å². The lowest BCUT2D eigenvalue weighted by atomic mass is 10.2. The second-order valence-corrected chi connectivity index (χ2v) is 11.0. The van der Waals surface area contributed by atoms with Gasteiger partial charge in [0, 0.05) is 19.7 Å². The molecular formula is C17H20N7O11PS2. The van der Waals surface area contributed by atoms with Crippen molar-refractivity contribution in [2.75, 3.05) is 19.5 Å². The van der Waals surface area contributed by atoms with Crippen LogP contribution in [-0.4, -0.2) is 54.3 Å². The van der Waals surface area contributed by atoms with Crippen molar-refractivity contribution >= 4 is 46.6 Å². The molecule has 0 amide bonds. The lowest BCUT2D eigenvalue weighted by Gasteiger charge is -2.23. The summed E-state index contributed by atoms with van der Waals surface area (Å²) in [4.78, 5) is 43.5. The quantitative estimate of drug-likeness (QED) is 0.145. The number of hydrogen-bond donors (Lipinski definition) is 2. The third-order valence-corrected chi connectivity index (χ3v) is 7.72. The maximum atomic E-state index is 13.3. The second-order valence-electron chi connectivity index (χ2n) is 7.14. The van der Waals surface area contributed by atoms with Crippen molar-refractivity contribution in [1.29, 1.82) is 0 Å². The molecule has 0 spiro atoms. The van der Waals surface area contributed by atoms with E-state index < -0.39 is 65.8 Å². The Hall–Kier alpha value is -3.23. The van der Waals surface area contributed by atoms with Gasteiger partial charge in [-0.05, 0) is 48.6 Å². The fraction of sp³-hybridized carbons (Fsp3) is 0.412. The van der Waals surface area contributed by atoms with Crippen LogP contribution in [0.4, 0.5) is 16.1 Å². The van der Waals surface area contributed by atoms with Gasteiger partial charge in [0.2, 0.25) is 0 Å². The summed E-state index contributed by atoms with van der Waals surface area (Å²) >= 11 is 1.37. The molecule has 0 radical (unpaired) electrons. The van der Waals surface area contributed by atoms with Crippen LogP contribution in [0, 0.1) is 20.2 Å². The maximum absolute atomic E-state index is 13.3. The summed E-state index contributed by atoms with van der Waals surface area (Å²) in [6.07, 6.45) is 1.02. The Morgan fingerprint density at radius 2 is 1.66 bits per heavy atom. The van der Waals surface area contributed by atoms with Gasteiger partial charge in [0.1, 0.15) is 12.0 Å². The van der Waals surface area contributed by atoms with Gasteiger partial charge in [-0.1, -0.05) is 0 Å². The molecule has 0 aliphatic rings. The number of phosphoric ester groups is 1. The molecule has 0 aliphatic heterocycles. The van der Waals surface area contributed by atoms with Crippen molar-refractivity contribution in [2.24, 2.45) is 0 Å². The van der Waals surface area contributed by atoms with Crippen molar-refractivity contribution < 1.29 is 37.8 Å². The number of nitrogen functional groups attached to an aromatic ring is 1. The summed E-state index contributed by atoms with van der Waals surface area (Å²) < 4.78 is 35.5. The minimum atomic E-state index is -4.42. The molecule has 3 N–H and O–H groups in total. The van der Waals surface area contributed by atoms with Crippen LogP contribution < -0.4 is 11.4 Å². The number of rotatable bonds is 15. The summed E-state index contributed by atoms with van der Waals surface area (Å²) in [7, 11) is -3.14. The average Bonchev–Trinajstić information content (AvgIpc) is 3.54. The Morgan fingerprint density at radius 1 is 1.11 bits per heavy atom. The molecule has 3 rings (SSSR count). The van der Waals surface area contributed by atoms with Gasteiger partial charge in [-0.3, -0.25) is 18.1 Å². The summed E-state index contributed by atoms with van der Waals surface area (Å²) in [6.45, 7) is -1.32. The molecule has 206 valence electrons. The smallest absolute Gasteiger partial charge is 0.383 e. The number of nitro groups is 2. The third kappa shape index (κ3) is 8.13. The largest absolute Gasteiger partial charge is 0.475 e.